The molecule has 1 atom stereocenters. The number of likely N-dealkylation sites (N-methyl/N-ethyl adjacent to an activating group) is 1. The van der Waals surface area contributed by atoms with E-state index in [0.717, 1.165) is 30.9 Å². The lowest BCUT2D eigenvalue weighted by molar-refractivity contribution is 0.227. The van der Waals surface area contributed by atoms with Crippen molar-refractivity contribution in [3.05, 3.63) is 47.0 Å². The quantitative estimate of drug-likeness (QED) is 0.847. The zero-order valence-electron chi connectivity index (χ0n) is 13.3. The molecule has 0 aromatic heterocycles. The van der Waals surface area contributed by atoms with Crippen molar-refractivity contribution in [1.29, 1.82) is 0 Å². The molecule has 0 amide bonds. The molecule has 0 spiro atoms. The first-order chi connectivity index (χ1) is 10.7. The Morgan fingerprint density at radius 2 is 1.95 bits per heavy atom. The summed E-state index contributed by atoms with van der Waals surface area (Å²) in [6.45, 7) is 1.10. The van der Waals surface area contributed by atoms with E-state index in [0.29, 0.717) is 6.04 Å². The lowest BCUT2D eigenvalue weighted by Gasteiger charge is -2.40. The molecule has 0 saturated heterocycles. The van der Waals surface area contributed by atoms with Crippen LogP contribution in [0.5, 0.6) is 11.5 Å². The summed E-state index contributed by atoms with van der Waals surface area (Å²) in [4.78, 5) is 2.47. The number of hydrogen-bond donors (Lipinski definition) is 0. The Kier molecular flexibility index (Phi) is 3.12. The van der Waals surface area contributed by atoms with Crippen LogP contribution in [-0.4, -0.2) is 32.7 Å². The van der Waals surface area contributed by atoms with Gasteiger partial charge in [-0.2, -0.15) is 0 Å². The average Bonchev–Trinajstić information content (AvgIpc) is 2.56. The summed E-state index contributed by atoms with van der Waals surface area (Å²) in [5.41, 5.74) is 6.78. The van der Waals surface area contributed by atoms with Gasteiger partial charge < -0.3 is 9.47 Å². The Hall–Kier alpha value is -2.00. The molecule has 114 valence electrons. The second-order valence-corrected chi connectivity index (χ2v) is 6.19. The van der Waals surface area contributed by atoms with Crippen molar-refractivity contribution in [1.82, 2.24) is 4.90 Å². The van der Waals surface area contributed by atoms with Gasteiger partial charge in [-0.25, -0.2) is 0 Å². The first kappa shape index (κ1) is 13.6. The van der Waals surface area contributed by atoms with Crippen LogP contribution < -0.4 is 9.47 Å². The van der Waals surface area contributed by atoms with Crippen LogP contribution in [0.15, 0.2) is 30.3 Å². The fourth-order valence-electron chi connectivity index (χ4n) is 3.97. The number of ether oxygens (including phenoxy) is 2. The van der Waals surface area contributed by atoms with E-state index in [-0.39, 0.29) is 0 Å². The van der Waals surface area contributed by atoms with Crippen LogP contribution in [0.2, 0.25) is 0 Å². The number of benzene rings is 2. The molecule has 1 aliphatic carbocycles. The first-order valence-electron chi connectivity index (χ1n) is 7.80. The van der Waals surface area contributed by atoms with Crippen LogP contribution in [0, 0.1) is 0 Å². The lowest BCUT2D eigenvalue weighted by Crippen LogP contribution is -2.35. The van der Waals surface area contributed by atoms with Crippen molar-refractivity contribution < 1.29 is 9.47 Å². The van der Waals surface area contributed by atoms with Crippen molar-refractivity contribution in [3.63, 3.8) is 0 Å². The number of nitrogens with zero attached hydrogens (tertiary/aromatic N) is 1. The van der Waals surface area contributed by atoms with Gasteiger partial charge in [0.2, 0.25) is 0 Å². The van der Waals surface area contributed by atoms with E-state index in [1.54, 1.807) is 14.2 Å². The molecule has 3 nitrogen and oxygen atoms in total. The summed E-state index contributed by atoms with van der Waals surface area (Å²) in [5.74, 6) is 1.90. The standard InChI is InChI=1S/C19H21NO2/c1-20-8-7-13-9-14(21-2)11-15-18(13)16(20)10-12-5-4-6-17(22-3)19(12)15/h4-6,9,11,16H,7-8,10H2,1-3H3/t16-/m1/s1. The van der Waals surface area contributed by atoms with Gasteiger partial charge in [0, 0.05) is 18.2 Å². The molecule has 0 unspecified atom stereocenters. The zero-order chi connectivity index (χ0) is 15.3. The highest BCUT2D eigenvalue weighted by atomic mass is 16.5. The molecule has 0 radical (unpaired) electrons. The van der Waals surface area contributed by atoms with Crippen molar-refractivity contribution in [2.45, 2.75) is 18.9 Å². The van der Waals surface area contributed by atoms with Gasteiger partial charge in [-0.1, -0.05) is 12.1 Å². The summed E-state index contributed by atoms with van der Waals surface area (Å²) in [6.07, 6.45) is 2.13. The smallest absolute Gasteiger partial charge is 0.126 e. The number of fused-ring (bicyclic) bond motifs is 2. The molecule has 2 aromatic carbocycles. The fourth-order valence-corrected chi connectivity index (χ4v) is 3.97. The third-order valence-corrected chi connectivity index (χ3v) is 5.09. The topological polar surface area (TPSA) is 21.7 Å². The maximum Gasteiger partial charge on any atom is 0.126 e. The predicted molar refractivity (Wildman–Crippen MR) is 87.8 cm³/mol. The van der Waals surface area contributed by atoms with Gasteiger partial charge in [0.25, 0.3) is 0 Å². The van der Waals surface area contributed by atoms with Crippen LogP contribution in [0.25, 0.3) is 11.1 Å². The summed E-state index contributed by atoms with van der Waals surface area (Å²) in [6, 6.07) is 11.2. The van der Waals surface area contributed by atoms with Gasteiger partial charge in [-0.15, -0.1) is 0 Å². The normalized spacial score (nSPS) is 19.3. The monoisotopic (exact) mass is 295 g/mol. The van der Waals surface area contributed by atoms with Crippen LogP contribution in [0.4, 0.5) is 0 Å². The van der Waals surface area contributed by atoms with Crippen LogP contribution in [0.1, 0.15) is 22.7 Å². The van der Waals surface area contributed by atoms with Crippen LogP contribution >= 0.6 is 0 Å². The summed E-state index contributed by atoms with van der Waals surface area (Å²) in [7, 11) is 5.72. The van der Waals surface area contributed by atoms with Gasteiger partial charge in [0.05, 0.1) is 14.2 Å². The molecular weight excluding hydrogens is 274 g/mol. The Labute approximate surface area is 131 Å². The minimum atomic E-state index is 0.462. The van der Waals surface area contributed by atoms with Crippen molar-refractivity contribution in [2.75, 3.05) is 27.8 Å². The van der Waals surface area contributed by atoms with E-state index < -0.39 is 0 Å². The van der Waals surface area contributed by atoms with Gasteiger partial charge in [-0.05, 0) is 60.3 Å². The predicted octanol–water partition coefficient (Wildman–Crippen LogP) is 3.46. The number of rotatable bonds is 2. The SMILES string of the molecule is COc1cc2c3c(c1)-c1c(cccc1OC)C[C@H]3N(C)CC2. The second kappa shape index (κ2) is 5.03. The molecular formula is C19H21NO2. The third-order valence-electron chi connectivity index (χ3n) is 5.09. The fraction of sp³-hybridized carbons (Fsp3) is 0.368. The Bertz CT molecular complexity index is 738. The molecule has 0 saturated carbocycles. The van der Waals surface area contributed by atoms with Crippen molar-refractivity contribution >= 4 is 0 Å². The first-order valence-corrected chi connectivity index (χ1v) is 7.80. The summed E-state index contributed by atoms with van der Waals surface area (Å²) in [5, 5.41) is 0. The molecule has 22 heavy (non-hydrogen) atoms. The van der Waals surface area contributed by atoms with Crippen molar-refractivity contribution in [2.24, 2.45) is 0 Å². The van der Waals surface area contributed by atoms with E-state index in [9.17, 15) is 0 Å². The van der Waals surface area contributed by atoms with Gasteiger partial charge in [0.15, 0.2) is 0 Å². The van der Waals surface area contributed by atoms with E-state index in [2.05, 4.69) is 42.3 Å². The number of methoxy groups -OCH3 is 2. The van der Waals surface area contributed by atoms with Crippen molar-refractivity contribution in [3.8, 4) is 22.6 Å². The average molecular weight is 295 g/mol. The second-order valence-electron chi connectivity index (χ2n) is 6.19. The molecule has 1 heterocycles. The molecule has 2 aliphatic rings. The third kappa shape index (κ3) is 1.85. The Morgan fingerprint density at radius 1 is 1.09 bits per heavy atom. The highest BCUT2D eigenvalue weighted by Crippen LogP contribution is 2.49. The van der Waals surface area contributed by atoms with E-state index >= 15 is 0 Å². The van der Waals surface area contributed by atoms with E-state index in [4.69, 9.17) is 9.47 Å². The number of hydrogen-bond acceptors (Lipinski definition) is 3. The van der Waals surface area contributed by atoms with E-state index in [1.165, 1.54) is 27.8 Å². The molecule has 0 bridgehead atoms. The van der Waals surface area contributed by atoms with Crippen LogP contribution in [0.3, 0.4) is 0 Å². The van der Waals surface area contributed by atoms with Gasteiger partial charge in [0.1, 0.15) is 11.5 Å². The minimum absolute atomic E-state index is 0.462. The van der Waals surface area contributed by atoms with E-state index in [1.807, 2.05) is 0 Å². The molecule has 4 rings (SSSR count). The Balaban J connectivity index is 2.04. The highest BCUT2D eigenvalue weighted by Gasteiger charge is 2.34. The van der Waals surface area contributed by atoms with Gasteiger partial charge in [-0.3, -0.25) is 4.90 Å². The molecule has 3 heteroatoms. The molecule has 1 aliphatic heterocycles. The maximum absolute atomic E-state index is 5.64. The summed E-state index contributed by atoms with van der Waals surface area (Å²) >= 11 is 0. The molecule has 0 fully saturated rings. The Morgan fingerprint density at radius 3 is 2.73 bits per heavy atom. The van der Waals surface area contributed by atoms with Gasteiger partial charge >= 0.3 is 0 Å². The lowest BCUT2D eigenvalue weighted by atomic mass is 9.77. The minimum Gasteiger partial charge on any atom is -0.497 e. The van der Waals surface area contributed by atoms with Crippen LogP contribution in [-0.2, 0) is 12.8 Å². The maximum atomic E-state index is 5.64. The molecule has 0 N–H and O–H groups in total. The largest absolute Gasteiger partial charge is 0.497 e. The highest BCUT2D eigenvalue weighted by molar-refractivity contribution is 5.81. The zero-order valence-corrected chi connectivity index (χ0v) is 13.3. The molecule has 2 aromatic rings. The summed E-state index contributed by atoms with van der Waals surface area (Å²) < 4.78 is 11.2.